The Morgan fingerprint density at radius 3 is 2.38 bits per heavy atom. The van der Waals surface area contributed by atoms with E-state index in [0.29, 0.717) is 6.42 Å². The fraction of sp³-hybridized carbons (Fsp3) is 0.947. The van der Waals surface area contributed by atoms with E-state index in [0.717, 1.165) is 39.1 Å². The minimum absolute atomic E-state index is 0.0289. The maximum atomic E-state index is 12.4. The standard InChI is InChI=1S/C19H36N2O3/c1-15(20-17(23)13-16(22)14-18(2,3)4)19(7-5-6-8-19)21-9-11-24-12-10-21/h15-16,22H,5-14H2,1-4H3,(H,20,23). The Morgan fingerprint density at radius 2 is 1.83 bits per heavy atom. The van der Waals surface area contributed by atoms with Gasteiger partial charge in [0.05, 0.1) is 25.7 Å². The molecule has 2 fully saturated rings. The van der Waals surface area contributed by atoms with Crippen molar-refractivity contribution in [3.63, 3.8) is 0 Å². The molecule has 0 bridgehead atoms. The van der Waals surface area contributed by atoms with Gasteiger partial charge in [-0.3, -0.25) is 9.69 Å². The van der Waals surface area contributed by atoms with E-state index >= 15 is 0 Å². The Hall–Kier alpha value is -0.650. The van der Waals surface area contributed by atoms with Gasteiger partial charge in [0.1, 0.15) is 0 Å². The maximum Gasteiger partial charge on any atom is 0.222 e. The van der Waals surface area contributed by atoms with Crippen molar-refractivity contribution in [1.82, 2.24) is 10.2 Å². The molecule has 5 heteroatoms. The molecule has 140 valence electrons. The number of aliphatic hydroxyl groups excluding tert-OH is 1. The van der Waals surface area contributed by atoms with E-state index in [1.165, 1.54) is 12.8 Å². The molecule has 2 rings (SSSR count). The largest absolute Gasteiger partial charge is 0.393 e. The topological polar surface area (TPSA) is 61.8 Å². The zero-order valence-corrected chi connectivity index (χ0v) is 15.9. The van der Waals surface area contributed by atoms with E-state index in [-0.39, 0.29) is 29.3 Å². The van der Waals surface area contributed by atoms with Gasteiger partial charge in [0.25, 0.3) is 0 Å². The summed E-state index contributed by atoms with van der Waals surface area (Å²) >= 11 is 0. The van der Waals surface area contributed by atoms with Crippen molar-refractivity contribution >= 4 is 5.91 Å². The second-order valence-electron chi connectivity index (χ2n) is 8.82. The van der Waals surface area contributed by atoms with Crippen LogP contribution in [0.15, 0.2) is 0 Å². The molecule has 1 saturated heterocycles. The average molecular weight is 341 g/mol. The number of aliphatic hydroxyl groups is 1. The van der Waals surface area contributed by atoms with Crippen LogP contribution in [0, 0.1) is 5.41 Å². The second-order valence-corrected chi connectivity index (χ2v) is 8.82. The van der Waals surface area contributed by atoms with Crippen molar-refractivity contribution in [1.29, 1.82) is 0 Å². The first-order valence-corrected chi connectivity index (χ1v) is 9.53. The molecule has 0 aromatic heterocycles. The third-order valence-electron chi connectivity index (χ3n) is 5.56. The molecule has 2 unspecified atom stereocenters. The van der Waals surface area contributed by atoms with Crippen LogP contribution >= 0.6 is 0 Å². The zero-order chi connectivity index (χ0) is 17.8. The number of rotatable bonds is 6. The number of amides is 1. The van der Waals surface area contributed by atoms with Crippen LogP contribution in [-0.2, 0) is 9.53 Å². The van der Waals surface area contributed by atoms with Crippen LogP contribution < -0.4 is 5.32 Å². The molecule has 2 atom stereocenters. The molecule has 0 radical (unpaired) electrons. The van der Waals surface area contributed by atoms with Gasteiger partial charge in [-0.1, -0.05) is 33.6 Å². The molecule has 0 aromatic carbocycles. The van der Waals surface area contributed by atoms with Gasteiger partial charge in [-0.2, -0.15) is 0 Å². The Kier molecular flexibility index (Phi) is 6.68. The normalized spacial score (nSPS) is 24.5. The number of nitrogens with one attached hydrogen (secondary N) is 1. The first kappa shape index (κ1) is 19.7. The van der Waals surface area contributed by atoms with Gasteiger partial charge in [0.2, 0.25) is 5.91 Å². The van der Waals surface area contributed by atoms with Gasteiger partial charge in [0.15, 0.2) is 0 Å². The summed E-state index contributed by atoms with van der Waals surface area (Å²) in [5, 5.41) is 13.4. The third kappa shape index (κ3) is 5.17. The van der Waals surface area contributed by atoms with Crippen molar-refractivity contribution < 1.29 is 14.6 Å². The molecule has 24 heavy (non-hydrogen) atoms. The molecule has 1 saturated carbocycles. The van der Waals surface area contributed by atoms with Crippen LogP contribution in [-0.4, -0.2) is 59.9 Å². The van der Waals surface area contributed by atoms with Gasteiger partial charge >= 0.3 is 0 Å². The molecule has 1 aliphatic carbocycles. The maximum absolute atomic E-state index is 12.4. The Labute approximate surface area is 147 Å². The molecule has 2 N–H and O–H groups in total. The number of ether oxygens (including phenoxy) is 1. The highest BCUT2D eigenvalue weighted by molar-refractivity contribution is 5.76. The van der Waals surface area contributed by atoms with Crippen LogP contribution in [0.3, 0.4) is 0 Å². The lowest BCUT2D eigenvalue weighted by Crippen LogP contribution is -2.62. The molecule has 2 aliphatic rings. The highest BCUT2D eigenvalue weighted by Gasteiger charge is 2.45. The number of morpholine rings is 1. The van der Waals surface area contributed by atoms with E-state index in [2.05, 4.69) is 37.9 Å². The number of carbonyl (C=O) groups is 1. The minimum atomic E-state index is -0.569. The summed E-state index contributed by atoms with van der Waals surface area (Å²) in [6.45, 7) is 11.9. The van der Waals surface area contributed by atoms with E-state index < -0.39 is 6.10 Å². The molecule has 1 heterocycles. The molecule has 0 aromatic rings. The summed E-state index contributed by atoms with van der Waals surface area (Å²) in [7, 11) is 0. The SMILES string of the molecule is CC(NC(=O)CC(O)CC(C)(C)C)C1(N2CCOCC2)CCCC1. The summed E-state index contributed by atoms with van der Waals surface area (Å²) < 4.78 is 5.50. The molecule has 1 aliphatic heterocycles. The number of carbonyl (C=O) groups excluding carboxylic acids is 1. The summed E-state index contributed by atoms with van der Waals surface area (Å²) in [4.78, 5) is 14.9. The highest BCUT2D eigenvalue weighted by Crippen LogP contribution is 2.38. The van der Waals surface area contributed by atoms with E-state index in [4.69, 9.17) is 4.74 Å². The Bertz CT molecular complexity index is 407. The van der Waals surface area contributed by atoms with Crippen molar-refractivity contribution in [3.05, 3.63) is 0 Å². The summed E-state index contributed by atoms with van der Waals surface area (Å²) in [5.74, 6) is -0.0289. The van der Waals surface area contributed by atoms with Crippen LogP contribution in [0.4, 0.5) is 0 Å². The van der Waals surface area contributed by atoms with Gasteiger partial charge in [0, 0.05) is 24.7 Å². The quantitative estimate of drug-likeness (QED) is 0.779. The van der Waals surface area contributed by atoms with E-state index in [1.54, 1.807) is 0 Å². The third-order valence-corrected chi connectivity index (χ3v) is 5.56. The zero-order valence-electron chi connectivity index (χ0n) is 15.9. The minimum Gasteiger partial charge on any atom is -0.393 e. The van der Waals surface area contributed by atoms with E-state index in [9.17, 15) is 9.90 Å². The Morgan fingerprint density at radius 1 is 1.25 bits per heavy atom. The van der Waals surface area contributed by atoms with Crippen molar-refractivity contribution in [3.8, 4) is 0 Å². The summed E-state index contributed by atoms with van der Waals surface area (Å²) in [6, 6.07) is 0.104. The van der Waals surface area contributed by atoms with Gasteiger partial charge in [-0.25, -0.2) is 0 Å². The smallest absolute Gasteiger partial charge is 0.222 e. The molecular formula is C19H36N2O3. The lowest BCUT2D eigenvalue weighted by atomic mass is 9.86. The number of hydrogen-bond acceptors (Lipinski definition) is 4. The predicted molar refractivity (Wildman–Crippen MR) is 95.9 cm³/mol. The summed E-state index contributed by atoms with van der Waals surface area (Å²) in [5.41, 5.74) is 0.0974. The fourth-order valence-corrected chi connectivity index (χ4v) is 4.45. The Balaban J connectivity index is 1.93. The summed E-state index contributed by atoms with van der Waals surface area (Å²) in [6.07, 6.45) is 5.00. The lowest BCUT2D eigenvalue weighted by molar-refractivity contribution is -0.125. The van der Waals surface area contributed by atoms with Crippen molar-refractivity contribution in [2.24, 2.45) is 5.41 Å². The van der Waals surface area contributed by atoms with E-state index in [1.807, 2.05) is 0 Å². The van der Waals surface area contributed by atoms with Gasteiger partial charge < -0.3 is 15.2 Å². The van der Waals surface area contributed by atoms with Gasteiger partial charge in [-0.05, 0) is 31.6 Å². The molecule has 5 nitrogen and oxygen atoms in total. The fourth-order valence-electron chi connectivity index (χ4n) is 4.45. The monoisotopic (exact) mass is 340 g/mol. The van der Waals surface area contributed by atoms with Gasteiger partial charge in [-0.15, -0.1) is 0 Å². The predicted octanol–water partition coefficient (Wildman–Crippen LogP) is 2.32. The first-order valence-electron chi connectivity index (χ1n) is 9.53. The number of hydrogen-bond donors (Lipinski definition) is 2. The van der Waals surface area contributed by atoms with Crippen molar-refractivity contribution in [2.75, 3.05) is 26.3 Å². The lowest BCUT2D eigenvalue weighted by Gasteiger charge is -2.47. The first-order chi connectivity index (χ1) is 11.2. The number of nitrogens with zero attached hydrogens (tertiary/aromatic N) is 1. The molecule has 1 amide bonds. The highest BCUT2D eigenvalue weighted by atomic mass is 16.5. The second kappa shape index (κ2) is 8.15. The van der Waals surface area contributed by atoms with Crippen LogP contribution in [0.2, 0.25) is 0 Å². The van der Waals surface area contributed by atoms with Crippen LogP contribution in [0.25, 0.3) is 0 Å². The van der Waals surface area contributed by atoms with Crippen molar-refractivity contribution in [2.45, 2.75) is 83.9 Å². The molecule has 0 spiro atoms. The van der Waals surface area contributed by atoms with Crippen LogP contribution in [0.1, 0.15) is 66.2 Å². The average Bonchev–Trinajstić information content (AvgIpc) is 2.96. The molecular weight excluding hydrogens is 304 g/mol. The van der Waals surface area contributed by atoms with Crippen LogP contribution in [0.5, 0.6) is 0 Å².